The predicted octanol–water partition coefficient (Wildman–Crippen LogP) is 3.74. The molecule has 1 heterocycles. The third kappa shape index (κ3) is 3.61. The average molecular weight is 373 g/mol. The van der Waals surface area contributed by atoms with E-state index in [1.54, 1.807) is 30.3 Å². The second kappa shape index (κ2) is 7.36. The molecule has 6 nitrogen and oxygen atoms in total. The maximum absolute atomic E-state index is 12.2. The smallest absolute Gasteiger partial charge is 0.351 e. The summed E-state index contributed by atoms with van der Waals surface area (Å²) in [6.45, 7) is -0.516. The molecule has 4 aromatic rings. The minimum atomic E-state index is -0.909. The summed E-state index contributed by atoms with van der Waals surface area (Å²) in [5.74, 6) is -1.41. The number of rotatable bonds is 4. The van der Waals surface area contributed by atoms with Gasteiger partial charge in [-0.15, -0.1) is 0 Å². The molecule has 1 amide bonds. The zero-order valence-corrected chi connectivity index (χ0v) is 14.7. The van der Waals surface area contributed by atoms with Gasteiger partial charge in [-0.25, -0.2) is 9.59 Å². The summed E-state index contributed by atoms with van der Waals surface area (Å²) in [5.41, 5.74) is -0.0982. The third-order valence-corrected chi connectivity index (χ3v) is 4.23. The number of para-hydroxylation sites is 1. The molecule has 1 N–H and O–H groups in total. The van der Waals surface area contributed by atoms with Crippen molar-refractivity contribution in [1.82, 2.24) is 0 Å². The van der Waals surface area contributed by atoms with Crippen molar-refractivity contribution < 1.29 is 18.7 Å². The summed E-state index contributed by atoms with van der Waals surface area (Å²) in [6.07, 6.45) is 0. The Morgan fingerprint density at radius 3 is 2.39 bits per heavy atom. The maximum atomic E-state index is 12.2. The van der Waals surface area contributed by atoms with E-state index in [2.05, 4.69) is 5.32 Å². The fraction of sp³-hybridized carbons (Fsp3) is 0.0455. The van der Waals surface area contributed by atoms with Gasteiger partial charge in [-0.05, 0) is 35.0 Å². The molecule has 3 aromatic carbocycles. The van der Waals surface area contributed by atoms with Crippen LogP contribution in [0, 0.1) is 0 Å². The van der Waals surface area contributed by atoms with Crippen LogP contribution in [0.1, 0.15) is 10.4 Å². The molecule has 0 aliphatic carbocycles. The zero-order valence-electron chi connectivity index (χ0n) is 14.7. The molecule has 0 atom stereocenters. The molecule has 4 rings (SSSR count). The summed E-state index contributed by atoms with van der Waals surface area (Å²) in [5, 5.41) is 5.29. The Morgan fingerprint density at radius 1 is 0.857 bits per heavy atom. The lowest BCUT2D eigenvalue weighted by atomic mass is 10.1. The van der Waals surface area contributed by atoms with Crippen LogP contribution in [0.25, 0.3) is 21.7 Å². The van der Waals surface area contributed by atoms with Gasteiger partial charge < -0.3 is 14.5 Å². The van der Waals surface area contributed by atoms with Crippen LogP contribution in [-0.2, 0) is 9.53 Å². The van der Waals surface area contributed by atoms with Gasteiger partial charge in [-0.1, -0.05) is 48.5 Å². The van der Waals surface area contributed by atoms with Gasteiger partial charge in [0.15, 0.2) is 6.61 Å². The molecule has 1 aromatic heterocycles. The van der Waals surface area contributed by atoms with Gasteiger partial charge in [0.25, 0.3) is 5.91 Å². The molecule has 0 saturated heterocycles. The van der Waals surface area contributed by atoms with Crippen molar-refractivity contribution in [1.29, 1.82) is 0 Å². The van der Waals surface area contributed by atoms with E-state index in [0.29, 0.717) is 16.7 Å². The normalized spacial score (nSPS) is 10.7. The summed E-state index contributed by atoms with van der Waals surface area (Å²) in [4.78, 5) is 36.2. The van der Waals surface area contributed by atoms with E-state index in [9.17, 15) is 14.4 Å². The minimum absolute atomic E-state index is 0.253. The van der Waals surface area contributed by atoms with Crippen LogP contribution in [0.2, 0.25) is 0 Å². The molecule has 28 heavy (non-hydrogen) atoms. The second-order valence-corrected chi connectivity index (χ2v) is 6.17. The Kier molecular flexibility index (Phi) is 4.60. The minimum Gasteiger partial charge on any atom is -0.452 e. The fourth-order valence-corrected chi connectivity index (χ4v) is 2.88. The van der Waals surface area contributed by atoms with E-state index in [1.807, 2.05) is 36.4 Å². The van der Waals surface area contributed by atoms with Crippen molar-refractivity contribution in [2.75, 3.05) is 11.9 Å². The first-order valence-electron chi connectivity index (χ1n) is 8.59. The number of esters is 1. The standard InChI is InChI=1S/C22H15NO5/c24-20(23-17-10-9-14-5-1-2-6-15(14)11-17)13-27-21(25)18-12-16-7-3-4-8-19(16)28-22(18)26/h1-12H,13H2,(H,23,24). The molecule has 0 aliphatic heterocycles. The quantitative estimate of drug-likeness (QED) is 0.435. The van der Waals surface area contributed by atoms with E-state index >= 15 is 0 Å². The summed E-state index contributed by atoms with van der Waals surface area (Å²) < 4.78 is 10.1. The molecular formula is C22H15NO5. The third-order valence-electron chi connectivity index (χ3n) is 4.23. The summed E-state index contributed by atoms with van der Waals surface area (Å²) >= 11 is 0. The first kappa shape index (κ1) is 17.5. The Labute approximate surface area is 159 Å². The van der Waals surface area contributed by atoms with Crippen LogP contribution in [0.4, 0.5) is 5.69 Å². The SMILES string of the molecule is O=C(COC(=O)c1cc2ccccc2oc1=O)Nc1ccc2ccccc2c1. The largest absolute Gasteiger partial charge is 0.452 e. The molecular weight excluding hydrogens is 358 g/mol. The number of hydrogen-bond acceptors (Lipinski definition) is 5. The van der Waals surface area contributed by atoms with Gasteiger partial charge in [0.05, 0.1) is 0 Å². The molecule has 0 aliphatic rings. The van der Waals surface area contributed by atoms with E-state index in [-0.39, 0.29) is 5.56 Å². The van der Waals surface area contributed by atoms with Crippen LogP contribution in [0.15, 0.2) is 82.0 Å². The van der Waals surface area contributed by atoms with Crippen molar-refractivity contribution in [2.45, 2.75) is 0 Å². The highest BCUT2D eigenvalue weighted by molar-refractivity contribution is 5.98. The number of ether oxygens (including phenoxy) is 1. The summed E-state index contributed by atoms with van der Waals surface area (Å²) in [7, 11) is 0. The Morgan fingerprint density at radius 2 is 1.57 bits per heavy atom. The lowest BCUT2D eigenvalue weighted by molar-refractivity contribution is -0.119. The van der Waals surface area contributed by atoms with Crippen molar-refractivity contribution >= 4 is 39.3 Å². The molecule has 0 bridgehead atoms. The lowest BCUT2D eigenvalue weighted by Crippen LogP contribution is -2.23. The monoisotopic (exact) mass is 373 g/mol. The van der Waals surface area contributed by atoms with Crippen molar-refractivity contribution in [3.8, 4) is 0 Å². The van der Waals surface area contributed by atoms with Crippen LogP contribution in [-0.4, -0.2) is 18.5 Å². The van der Waals surface area contributed by atoms with Gasteiger partial charge >= 0.3 is 11.6 Å². The van der Waals surface area contributed by atoms with E-state index in [0.717, 1.165) is 10.8 Å². The lowest BCUT2D eigenvalue weighted by Gasteiger charge is -2.07. The number of nitrogens with one attached hydrogen (secondary N) is 1. The van der Waals surface area contributed by atoms with Gasteiger partial charge in [-0.3, -0.25) is 4.79 Å². The number of carbonyl (C=O) groups excluding carboxylic acids is 2. The van der Waals surface area contributed by atoms with E-state index < -0.39 is 24.1 Å². The van der Waals surface area contributed by atoms with Crippen LogP contribution in [0.3, 0.4) is 0 Å². The first-order chi connectivity index (χ1) is 13.6. The highest BCUT2D eigenvalue weighted by atomic mass is 16.5. The number of benzene rings is 3. The van der Waals surface area contributed by atoms with Crippen LogP contribution in [0.5, 0.6) is 0 Å². The van der Waals surface area contributed by atoms with Gasteiger partial charge in [0, 0.05) is 11.1 Å². The number of hydrogen-bond donors (Lipinski definition) is 1. The van der Waals surface area contributed by atoms with Gasteiger partial charge in [0.1, 0.15) is 11.1 Å². The molecule has 6 heteroatoms. The predicted molar refractivity (Wildman–Crippen MR) is 105 cm³/mol. The number of anilines is 1. The highest BCUT2D eigenvalue weighted by Gasteiger charge is 2.16. The Bertz CT molecular complexity index is 1260. The molecule has 0 fully saturated rings. The van der Waals surface area contributed by atoms with Crippen molar-refractivity contribution in [3.63, 3.8) is 0 Å². The fourth-order valence-electron chi connectivity index (χ4n) is 2.88. The Hall–Kier alpha value is -3.93. The van der Waals surface area contributed by atoms with Gasteiger partial charge in [-0.2, -0.15) is 0 Å². The number of fused-ring (bicyclic) bond motifs is 2. The van der Waals surface area contributed by atoms with E-state index in [4.69, 9.17) is 9.15 Å². The molecule has 0 spiro atoms. The van der Waals surface area contributed by atoms with Crippen molar-refractivity contribution in [2.24, 2.45) is 0 Å². The average Bonchev–Trinajstić information content (AvgIpc) is 2.71. The van der Waals surface area contributed by atoms with Crippen molar-refractivity contribution in [3.05, 3.63) is 88.8 Å². The first-order valence-corrected chi connectivity index (χ1v) is 8.59. The topological polar surface area (TPSA) is 85.6 Å². The van der Waals surface area contributed by atoms with Crippen LogP contribution >= 0.6 is 0 Å². The number of amides is 1. The number of carbonyl (C=O) groups is 2. The molecule has 0 radical (unpaired) electrons. The van der Waals surface area contributed by atoms with Gasteiger partial charge in [0.2, 0.25) is 0 Å². The van der Waals surface area contributed by atoms with E-state index in [1.165, 1.54) is 6.07 Å². The molecule has 138 valence electrons. The van der Waals surface area contributed by atoms with Crippen LogP contribution < -0.4 is 10.9 Å². The summed E-state index contributed by atoms with van der Waals surface area (Å²) in [6, 6.07) is 21.4. The zero-order chi connectivity index (χ0) is 19.5. The Balaban J connectivity index is 1.43. The molecule has 0 unspecified atom stereocenters. The highest BCUT2D eigenvalue weighted by Crippen LogP contribution is 2.19. The maximum Gasteiger partial charge on any atom is 0.351 e. The molecule has 0 saturated carbocycles. The second-order valence-electron chi connectivity index (χ2n) is 6.17.